The molecule has 2 saturated heterocycles. The molecule has 2 N–H and O–H groups in total. The number of rotatable bonds is 6. The minimum Gasteiger partial charge on any atom is -0.370 e. The van der Waals surface area contributed by atoms with E-state index in [1.54, 1.807) is 12.1 Å². The zero-order valence-electron chi connectivity index (χ0n) is 16.0. The molecule has 1 amide bonds. The highest BCUT2D eigenvalue weighted by molar-refractivity contribution is 7.89. The third-order valence-electron chi connectivity index (χ3n) is 5.37. The highest BCUT2D eigenvalue weighted by Gasteiger charge is 2.27. The fourth-order valence-corrected chi connectivity index (χ4v) is 5.16. The second-order valence-electron chi connectivity index (χ2n) is 7.31. The zero-order chi connectivity index (χ0) is 19.3. The summed E-state index contributed by atoms with van der Waals surface area (Å²) in [4.78, 5) is 14.2. The van der Waals surface area contributed by atoms with Crippen LogP contribution in [-0.2, 0) is 14.8 Å². The van der Waals surface area contributed by atoms with E-state index in [2.05, 4.69) is 5.32 Å². The predicted molar refractivity (Wildman–Crippen MR) is 103 cm³/mol. The first-order chi connectivity index (χ1) is 13.0. The van der Waals surface area contributed by atoms with Crippen LogP contribution < -0.4 is 10.2 Å². The van der Waals surface area contributed by atoms with Gasteiger partial charge in [-0.05, 0) is 37.5 Å². The highest BCUT2D eigenvalue weighted by atomic mass is 32.2. The summed E-state index contributed by atoms with van der Waals surface area (Å²) >= 11 is 0. The van der Waals surface area contributed by atoms with Crippen molar-refractivity contribution < 1.29 is 22.8 Å². The minimum atomic E-state index is -3.54. The lowest BCUT2D eigenvalue weighted by Gasteiger charge is -2.26. The molecule has 2 heterocycles. The molecule has 0 aromatic heterocycles. The second-order valence-corrected chi connectivity index (χ2v) is 9.25. The van der Waals surface area contributed by atoms with E-state index in [-0.39, 0.29) is 10.8 Å². The largest absolute Gasteiger partial charge is 0.370 e. The Hall–Kier alpha value is -1.48. The van der Waals surface area contributed by atoms with Crippen molar-refractivity contribution in [1.82, 2.24) is 9.62 Å². The van der Waals surface area contributed by atoms with Gasteiger partial charge in [0.2, 0.25) is 10.0 Å². The number of nitrogens with zero attached hydrogens (tertiary/aromatic N) is 1. The molecule has 3 rings (SSSR count). The van der Waals surface area contributed by atoms with Crippen molar-refractivity contribution in [2.24, 2.45) is 0 Å². The van der Waals surface area contributed by atoms with Crippen molar-refractivity contribution in [3.05, 3.63) is 29.3 Å². The maximum Gasteiger partial charge on any atom is 0.251 e. The summed E-state index contributed by atoms with van der Waals surface area (Å²) in [5.41, 5.74) is 1.22. The predicted octanol–water partition coefficient (Wildman–Crippen LogP) is -0.185. The van der Waals surface area contributed by atoms with Crippen LogP contribution in [0.15, 0.2) is 23.1 Å². The molecule has 1 aromatic rings. The first kappa shape index (κ1) is 20.3. The van der Waals surface area contributed by atoms with E-state index in [9.17, 15) is 13.2 Å². The normalized spacial score (nSPS) is 19.7. The number of aryl methyl sites for hydroxylation is 1. The molecule has 1 aromatic carbocycles. The van der Waals surface area contributed by atoms with Gasteiger partial charge in [0.15, 0.2) is 0 Å². The van der Waals surface area contributed by atoms with Crippen molar-refractivity contribution in [2.75, 3.05) is 52.5 Å². The van der Waals surface area contributed by atoms with Gasteiger partial charge in [0, 0.05) is 18.7 Å². The third-order valence-corrected chi connectivity index (χ3v) is 7.27. The summed E-state index contributed by atoms with van der Waals surface area (Å²) < 4.78 is 32.6. The topological polar surface area (TPSA) is 80.2 Å². The molecular weight excluding hydrogens is 366 g/mol. The molecular formula is C19H30N3O4S+. The summed E-state index contributed by atoms with van der Waals surface area (Å²) in [5, 5.41) is 2.94. The number of morpholine rings is 1. The molecule has 8 heteroatoms. The number of amides is 1. The van der Waals surface area contributed by atoms with Gasteiger partial charge in [-0.15, -0.1) is 0 Å². The van der Waals surface area contributed by atoms with Crippen LogP contribution in [0.4, 0.5) is 0 Å². The lowest BCUT2D eigenvalue weighted by Crippen LogP contribution is -3.14. The quantitative estimate of drug-likeness (QED) is 0.699. The van der Waals surface area contributed by atoms with Gasteiger partial charge in [-0.3, -0.25) is 4.79 Å². The molecule has 2 fully saturated rings. The first-order valence-corrected chi connectivity index (χ1v) is 11.2. The monoisotopic (exact) mass is 396 g/mol. The van der Waals surface area contributed by atoms with Gasteiger partial charge >= 0.3 is 0 Å². The van der Waals surface area contributed by atoms with Crippen molar-refractivity contribution in [2.45, 2.75) is 31.1 Å². The Morgan fingerprint density at radius 1 is 1.19 bits per heavy atom. The van der Waals surface area contributed by atoms with Gasteiger partial charge < -0.3 is 15.0 Å². The second kappa shape index (κ2) is 9.14. The number of benzene rings is 1. The van der Waals surface area contributed by atoms with E-state index in [4.69, 9.17) is 4.74 Å². The molecule has 0 spiro atoms. The average Bonchev–Trinajstić information content (AvgIpc) is 2.69. The molecule has 0 radical (unpaired) electrons. The molecule has 0 aliphatic carbocycles. The molecule has 0 atom stereocenters. The summed E-state index contributed by atoms with van der Waals surface area (Å²) in [5.74, 6) is -0.212. The van der Waals surface area contributed by atoms with E-state index in [1.165, 1.54) is 15.3 Å². The van der Waals surface area contributed by atoms with Gasteiger partial charge in [0.1, 0.15) is 13.1 Å². The molecule has 0 unspecified atom stereocenters. The van der Waals surface area contributed by atoms with Gasteiger partial charge in [0.05, 0.1) is 31.2 Å². The fourth-order valence-electron chi connectivity index (χ4n) is 3.62. The van der Waals surface area contributed by atoms with E-state index in [1.807, 2.05) is 6.92 Å². The number of carbonyl (C=O) groups excluding carboxylic acids is 1. The number of hydrogen-bond acceptors (Lipinski definition) is 4. The third kappa shape index (κ3) is 5.07. The number of carbonyl (C=O) groups is 1. The Morgan fingerprint density at radius 2 is 1.89 bits per heavy atom. The van der Waals surface area contributed by atoms with Gasteiger partial charge in [0.25, 0.3) is 5.91 Å². The van der Waals surface area contributed by atoms with Crippen LogP contribution in [0.3, 0.4) is 0 Å². The number of nitrogens with one attached hydrogen (secondary N) is 2. The lowest BCUT2D eigenvalue weighted by molar-refractivity contribution is -0.906. The van der Waals surface area contributed by atoms with Crippen molar-refractivity contribution in [3.8, 4) is 0 Å². The molecule has 2 aliphatic rings. The molecule has 150 valence electrons. The number of ether oxygens (including phenoxy) is 1. The minimum absolute atomic E-state index is 0.207. The Balaban J connectivity index is 1.66. The molecule has 0 saturated carbocycles. The van der Waals surface area contributed by atoms with Gasteiger partial charge in [-0.25, -0.2) is 8.42 Å². The Morgan fingerprint density at radius 3 is 2.59 bits per heavy atom. The Labute approximate surface area is 161 Å². The standard InChI is InChI=1S/C19H29N3O4S/c1-16-5-6-17(27(24,25)22-8-3-2-4-9-22)15-18(16)19(23)20-7-10-21-11-13-26-14-12-21/h5-6,15H,2-4,7-14H2,1H3,(H,20,23)/p+1. The van der Waals surface area contributed by atoms with Crippen molar-refractivity contribution in [1.29, 1.82) is 0 Å². The lowest BCUT2D eigenvalue weighted by atomic mass is 10.1. The summed E-state index contributed by atoms with van der Waals surface area (Å²) in [7, 11) is -3.54. The number of hydrogen-bond donors (Lipinski definition) is 2. The number of piperidine rings is 1. The Bertz CT molecular complexity index is 754. The molecule has 27 heavy (non-hydrogen) atoms. The maximum absolute atomic E-state index is 12.9. The van der Waals surface area contributed by atoms with Crippen LogP contribution in [0.25, 0.3) is 0 Å². The van der Waals surface area contributed by atoms with E-state index < -0.39 is 10.0 Å². The van der Waals surface area contributed by atoms with Crippen molar-refractivity contribution >= 4 is 15.9 Å². The first-order valence-electron chi connectivity index (χ1n) is 9.79. The Kier molecular flexibility index (Phi) is 6.86. The van der Waals surface area contributed by atoms with Crippen molar-refractivity contribution in [3.63, 3.8) is 0 Å². The summed E-state index contributed by atoms with van der Waals surface area (Å²) in [6.07, 6.45) is 2.85. The SMILES string of the molecule is Cc1ccc(S(=O)(=O)N2CCCCC2)cc1C(=O)NCC[NH+]1CCOCC1. The van der Waals surface area contributed by atoms with E-state index >= 15 is 0 Å². The van der Waals surface area contributed by atoms with Crippen LogP contribution in [0.5, 0.6) is 0 Å². The summed E-state index contributed by atoms with van der Waals surface area (Å²) in [6.45, 7) is 7.80. The number of quaternary nitrogens is 1. The summed E-state index contributed by atoms with van der Waals surface area (Å²) in [6, 6.07) is 4.85. The van der Waals surface area contributed by atoms with Crippen LogP contribution in [-0.4, -0.2) is 71.1 Å². The van der Waals surface area contributed by atoms with E-state index in [0.29, 0.717) is 25.2 Å². The van der Waals surface area contributed by atoms with Gasteiger partial charge in [-0.2, -0.15) is 4.31 Å². The van der Waals surface area contributed by atoms with Crippen LogP contribution in [0.2, 0.25) is 0 Å². The zero-order valence-corrected chi connectivity index (χ0v) is 16.8. The maximum atomic E-state index is 12.9. The molecule has 7 nitrogen and oxygen atoms in total. The van der Waals surface area contributed by atoms with Crippen LogP contribution in [0.1, 0.15) is 35.2 Å². The molecule has 0 bridgehead atoms. The number of sulfonamides is 1. The van der Waals surface area contributed by atoms with Gasteiger partial charge in [-0.1, -0.05) is 12.5 Å². The highest BCUT2D eigenvalue weighted by Crippen LogP contribution is 2.22. The van der Waals surface area contributed by atoms with Crippen LogP contribution >= 0.6 is 0 Å². The molecule has 2 aliphatic heterocycles. The average molecular weight is 397 g/mol. The van der Waals surface area contributed by atoms with Crippen LogP contribution in [0, 0.1) is 6.92 Å². The smallest absolute Gasteiger partial charge is 0.251 e. The van der Waals surface area contributed by atoms with E-state index in [0.717, 1.165) is 57.7 Å². The fraction of sp³-hybridized carbons (Fsp3) is 0.632.